The molecule has 0 atom stereocenters. The Labute approximate surface area is 129 Å². The zero-order chi connectivity index (χ0) is 15.5. The molecule has 0 aliphatic heterocycles. The molecule has 0 aliphatic rings. The van der Waals surface area contributed by atoms with Crippen molar-refractivity contribution in [1.82, 2.24) is 0 Å². The second-order valence-corrected chi connectivity index (χ2v) is 6.98. The standard InChI is InChI=1S/C18H13F3S/c19-13-1-7-16(8-2-13)22(17-9-3-14(20)4-10-17)18-11-5-15(21)6-12-18/h1-12,22H. The number of hydrogen-bond acceptors (Lipinski definition) is 0. The minimum absolute atomic E-state index is 0.308. The van der Waals surface area contributed by atoms with E-state index in [4.69, 9.17) is 0 Å². The molecular formula is C18H13F3S. The highest BCUT2D eigenvalue weighted by atomic mass is 32.2. The number of benzene rings is 3. The third-order valence-electron chi connectivity index (χ3n) is 3.25. The molecule has 0 saturated carbocycles. The van der Waals surface area contributed by atoms with Crippen molar-refractivity contribution in [2.75, 3.05) is 0 Å². The molecule has 3 aromatic rings. The van der Waals surface area contributed by atoms with E-state index in [0.29, 0.717) is 0 Å². The Morgan fingerprint density at radius 3 is 0.864 bits per heavy atom. The first-order chi connectivity index (χ1) is 10.6. The maximum Gasteiger partial charge on any atom is 0.123 e. The molecule has 3 aromatic carbocycles. The summed E-state index contributed by atoms with van der Waals surface area (Å²) < 4.78 is 39.5. The van der Waals surface area contributed by atoms with Crippen molar-refractivity contribution in [2.24, 2.45) is 0 Å². The molecule has 0 spiro atoms. The van der Waals surface area contributed by atoms with Gasteiger partial charge in [0.2, 0.25) is 0 Å². The Kier molecular flexibility index (Phi) is 4.20. The first-order valence-corrected chi connectivity index (χ1v) is 8.04. The Balaban J connectivity index is 2.10. The Morgan fingerprint density at radius 2 is 0.636 bits per heavy atom. The van der Waals surface area contributed by atoms with E-state index in [1.165, 1.54) is 36.4 Å². The summed E-state index contributed by atoms with van der Waals surface area (Å²) in [6, 6.07) is 18.7. The van der Waals surface area contributed by atoms with E-state index < -0.39 is 10.9 Å². The van der Waals surface area contributed by atoms with E-state index in [-0.39, 0.29) is 17.5 Å². The second-order valence-electron chi connectivity index (χ2n) is 4.76. The third kappa shape index (κ3) is 3.17. The van der Waals surface area contributed by atoms with E-state index >= 15 is 0 Å². The average Bonchev–Trinajstić information content (AvgIpc) is 2.53. The fourth-order valence-electron chi connectivity index (χ4n) is 2.22. The molecule has 22 heavy (non-hydrogen) atoms. The van der Waals surface area contributed by atoms with E-state index in [0.717, 1.165) is 14.7 Å². The summed E-state index contributed by atoms with van der Waals surface area (Å²) in [6.45, 7) is 0. The van der Waals surface area contributed by atoms with E-state index in [1.807, 2.05) is 0 Å². The van der Waals surface area contributed by atoms with Crippen LogP contribution in [0.25, 0.3) is 0 Å². The second kappa shape index (κ2) is 6.28. The Bertz CT molecular complexity index is 642. The van der Waals surface area contributed by atoms with E-state index in [1.54, 1.807) is 36.4 Å². The summed E-state index contributed by atoms with van der Waals surface area (Å²) in [5, 5.41) is 0. The van der Waals surface area contributed by atoms with Crippen molar-refractivity contribution < 1.29 is 13.2 Å². The van der Waals surface area contributed by atoms with Crippen LogP contribution >= 0.6 is 10.9 Å². The molecule has 112 valence electrons. The van der Waals surface area contributed by atoms with Gasteiger partial charge >= 0.3 is 0 Å². The lowest BCUT2D eigenvalue weighted by Gasteiger charge is -2.23. The van der Waals surface area contributed by atoms with Crippen LogP contribution in [0.3, 0.4) is 0 Å². The smallest absolute Gasteiger partial charge is 0.123 e. The van der Waals surface area contributed by atoms with Crippen molar-refractivity contribution in [3.63, 3.8) is 0 Å². The average molecular weight is 318 g/mol. The highest BCUT2D eigenvalue weighted by molar-refractivity contribution is 8.17. The number of thiol groups is 1. The number of halogens is 3. The normalized spacial score (nSPS) is 11.3. The van der Waals surface area contributed by atoms with Gasteiger partial charge < -0.3 is 0 Å². The van der Waals surface area contributed by atoms with Crippen LogP contribution in [0.4, 0.5) is 13.2 Å². The van der Waals surface area contributed by atoms with Gasteiger partial charge in [0, 0.05) is 0 Å². The molecule has 0 aromatic heterocycles. The highest BCUT2D eigenvalue weighted by Gasteiger charge is 2.13. The summed E-state index contributed by atoms with van der Waals surface area (Å²) in [6.07, 6.45) is 0. The zero-order valence-corrected chi connectivity index (χ0v) is 12.4. The lowest BCUT2D eigenvalue weighted by Crippen LogP contribution is -1.89. The van der Waals surface area contributed by atoms with Crippen LogP contribution in [0.1, 0.15) is 0 Å². The van der Waals surface area contributed by atoms with Crippen molar-refractivity contribution >= 4 is 10.9 Å². The van der Waals surface area contributed by atoms with Gasteiger partial charge in [-0.15, -0.1) is 0 Å². The molecular weight excluding hydrogens is 305 g/mol. The largest absolute Gasteiger partial charge is 0.207 e. The predicted octanol–water partition coefficient (Wildman–Crippen LogP) is 5.58. The molecule has 0 unspecified atom stereocenters. The first-order valence-electron chi connectivity index (χ1n) is 6.70. The van der Waals surface area contributed by atoms with Gasteiger partial charge in [-0.25, -0.2) is 13.2 Å². The molecule has 0 saturated heterocycles. The van der Waals surface area contributed by atoms with Crippen LogP contribution < -0.4 is 0 Å². The van der Waals surface area contributed by atoms with Gasteiger partial charge in [-0.05, 0) is 87.5 Å². The zero-order valence-electron chi connectivity index (χ0n) is 11.5. The van der Waals surface area contributed by atoms with Crippen LogP contribution in [0, 0.1) is 17.5 Å². The molecule has 0 nitrogen and oxygen atoms in total. The fourth-order valence-corrected chi connectivity index (χ4v) is 4.45. The molecule has 0 radical (unpaired) electrons. The van der Waals surface area contributed by atoms with E-state index in [2.05, 4.69) is 0 Å². The van der Waals surface area contributed by atoms with Gasteiger partial charge in [-0.1, -0.05) is 0 Å². The molecule has 0 bridgehead atoms. The summed E-state index contributed by atoms with van der Waals surface area (Å²) >= 11 is 0. The lowest BCUT2D eigenvalue weighted by atomic mass is 10.3. The Hall–Kier alpha value is -2.20. The molecule has 3 rings (SSSR count). The Morgan fingerprint density at radius 1 is 0.409 bits per heavy atom. The van der Waals surface area contributed by atoms with Crippen LogP contribution in [-0.4, -0.2) is 0 Å². The molecule has 0 amide bonds. The van der Waals surface area contributed by atoms with Gasteiger partial charge in [0.25, 0.3) is 0 Å². The first kappa shape index (κ1) is 14.7. The van der Waals surface area contributed by atoms with Crippen LogP contribution in [0.15, 0.2) is 87.5 Å². The van der Waals surface area contributed by atoms with Crippen molar-refractivity contribution in [2.45, 2.75) is 14.7 Å². The third-order valence-corrected chi connectivity index (χ3v) is 5.70. The van der Waals surface area contributed by atoms with Gasteiger partial charge in [-0.3, -0.25) is 0 Å². The fraction of sp³-hybridized carbons (Fsp3) is 0. The summed E-state index contributed by atoms with van der Waals surface area (Å²) in [5.74, 6) is -0.925. The van der Waals surface area contributed by atoms with Gasteiger partial charge in [0.1, 0.15) is 17.5 Å². The molecule has 0 aliphatic carbocycles. The monoisotopic (exact) mass is 318 g/mol. The van der Waals surface area contributed by atoms with Gasteiger partial charge in [0.15, 0.2) is 0 Å². The van der Waals surface area contributed by atoms with Crippen molar-refractivity contribution in [3.05, 3.63) is 90.2 Å². The van der Waals surface area contributed by atoms with Gasteiger partial charge in [-0.2, -0.15) is 10.9 Å². The number of hydrogen-bond donors (Lipinski definition) is 1. The van der Waals surface area contributed by atoms with Crippen molar-refractivity contribution in [1.29, 1.82) is 0 Å². The topological polar surface area (TPSA) is 0 Å². The van der Waals surface area contributed by atoms with Crippen LogP contribution in [0.2, 0.25) is 0 Å². The number of rotatable bonds is 3. The van der Waals surface area contributed by atoms with Crippen LogP contribution in [-0.2, 0) is 0 Å². The lowest BCUT2D eigenvalue weighted by molar-refractivity contribution is 0.626. The highest BCUT2D eigenvalue weighted by Crippen LogP contribution is 2.51. The van der Waals surface area contributed by atoms with Crippen molar-refractivity contribution in [3.8, 4) is 0 Å². The summed E-state index contributed by atoms with van der Waals surface area (Å²) in [7, 11) is -0.983. The summed E-state index contributed by atoms with van der Waals surface area (Å²) in [4.78, 5) is 2.78. The van der Waals surface area contributed by atoms with Gasteiger partial charge in [0.05, 0.1) is 0 Å². The molecule has 0 N–H and O–H groups in total. The molecule has 4 heteroatoms. The van der Waals surface area contributed by atoms with E-state index in [9.17, 15) is 13.2 Å². The predicted molar refractivity (Wildman–Crippen MR) is 83.0 cm³/mol. The molecule has 0 fully saturated rings. The summed E-state index contributed by atoms with van der Waals surface area (Å²) in [5.41, 5.74) is 0. The maximum atomic E-state index is 13.2. The minimum atomic E-state index is -0.983. The maximum absolute atomic E-state index is 13.2. The quantitative estimate of drug-likeness (QED) is 0.599. The van der Waals surface area contributed by atoms with Crippen LogP contribution in [0.5, 0.6) is 0 Å². The molecule has 0 heterocycles. The minimum Gasteiger partial charge on any atom is -0.207 e. The SMILES string of the molecule is Fc1ccc([SH](c2ccc(F)cc2)c2ccc(F)cc2)cc1.